The summed E-state index contributed by atoms with van der Waals surface area (Å²) in [7, 11) is 0. The van der Waals surface area contributed by atoms with Crippen LogP contribution in [-0.2, 0) is 0 Å². The predicted octanol–water partition coefficient (Wildman–Crippen LogP) is 1.77. The number of nitrogens with zero attached hydrogens (tertiary/aromatic N) is 1. The Morgan fingerprint density at radius 3 is 2.90 bits per heavy atom. The molecule has 1 aliphatic heterocycles. The number of thioether (sulfide) groups is 1. The normalized spacial score (nSPS) is 23.0. The van der Waals surface area contributed by atoms with Crippen molar-refractivity contribution in [1.82, 2.24) is 4.98 Å². The molecule has 8 heteroatoms. The fourth-order valence-corrected chi connectivity index (χ4v) is 8.53. The molecule has 0 amide bonds. The van der Waals surface area contributed by atoms with Gasteiger partial charge in [-0.05, 0) is 0 Å². The molecule has 1 aliphatic carbocycles. The Balaban J connectivity index is 1.44. The Kier molecular flexibility index (Phi) is 6.53. The van der Waals surface area contributed by atoms with Crippen LogP contribution in [0.1, 0.15) is 30.2 Å². The standard InChI is InChI=1S/C21H24IN4OS2/c1-12-5-2-3-8-15(12)20(27)25-14-7-4-6-13(9-14)16-11-28-17(10-22-16)18-19(23)26-21(24)29-18/h2,4-7,9-12,15,20,25,27H,3,8,23H2,1H3,(H2,24,26)/q-1. The van der Waals surface area contributed by atoms with Crippen molar-refractivity contribution in [2.24, 2.45) is 11.8 Å². The van der Waals surface area contributed by atoms with Gasteiger partial charge in [-0.15, -0.1) is 0 Å². The van der Waals surface area contributed by atoms with Crippen LogP contribution < -0.4 is 38.0 Å². The molecule has 6 N–H and O–H groups in total. The molecule has 2 aromatic rings. The number of thiazole rings is 1. The van der Waals surface area contributed by atoms with E-state index in [1.165, 1.54) is 20.5 Å². The van der Waals surface area contributed by atoms with E-state index in [0.717, 1.165) is 28.3 Å². The maximum absolute atomic E-state index is 10.7. The number of hydrogen-bond donors (Lipinski definition) is 4. The monoisotopic (exact) mass is 539 g/mol. The summed E-state index contributed by atoms with van der Waals surface area (Å²) in [4.78, 5) is 6.24. The van der Waals surface area contributed by atoms with Gasteiger partial charge in [0.1, 0.15) is 0 Å². The molecule has 5 nitrogen and oxygen atoms in total. The van der Waals surface area contributed by atoms with Gasteiger partial charge >= 0.3 is 190 Å². The third-order valence-corrected chi connectivity index (χ3v) is 10.5. The van der Waals surface area contributed by atoms with Crippen molar-refractivity contribution in [3.63, 3.8) is 0 Å². The average molecular weight is 539 g/mol. The zero-order valence-corrected chi connectivity index (χ0v) is 19.8. The molecule has 2 aliphatic rings. The van der Waals surface area contributed by atoms with Crippen LogP contribution in [0, 0.1) is 11.8 Å². The number of anilines is 3. The van der Waals surface area contributed by atoms with Gasteiger partial charge in [-0.2, -0.15) is 0 Å². The molecule has 0 saturated heterocycles. The van der Waals surface area contributed by atoms with Gasteiger partial charge in [0.2, 0.25) is 0 Å². The van der Waals surface area contributed by atoms with E-state index in [1.807, 2.05) is 12.1 Å². The van der Waals surface area contributed by atoms with Crippen molar-refractivity contribution < 1.29 is 26.3 Å². The number of nitrogen functional groups attached to an aromatic ring is 2. The van der Waals surface area contributed by atoms with Crippen LogP contribution in [0.4, 0.5) is 16.6 Å². The summed E-state index contributed by atoms with van der Waals surface area (Å²) < 4.78 is 3.63. The third kappa shape index (κ3) is 4.82. The summed E-state index contributed by atoms with van der Waals surface area (Å²) in [5, 5.41) is 16.7. The van der Waals surface area contributed by atoms with Gasteiger partial charge in [0.05, 0.1) is 0 Å². The third-order valence-electron chi connectivity index (χ3n) is 5.09. The Labute approximate surface area is 189 Å². The number of rotatable bonds is 5. The molecule has 3 unspecified atom stereocenters. The molecule has 0 saturated carbocycles. The summed E-state index contributed by atoms with van der Waals surface area (Å²) in [6, 6.07) is 8.34. The first-order valence-corrected chi connectivity index (χ1v) is 13.5. The number of aliphatic hydroxyl groups is 1. The van der Waals surface area contributed by atoms with Crippen LogP contribution in [0.2, 0.25) is 0 Å². The molecule has 2 heterocycles. The predicted molar refractivity (Wildman–Crippen MR) is 122 cm³/mol. The average Bonchev–Trinajstić information content (AvgIpc) is 3.06. The summed E-state index contributed by atoms with van der Waals surface area (Å²) >= 11 is 2.82. The maximum atomic E-state index is 10.7. The first-order chi connectivity index (χ1) is 14.0. The van der Waals surface area contributed by atoms with Gasteiger partial charge in [-0.1, -0.05) is 0 Å². The molecule has 29 heavy (non-hydrogen) atoms. The molecule has 1 aromatic heterocycles. The molecule has 0 bridgehead atoms. The van der Waals surface area contributed by atoms with Gasteiger partial charge < -0.3 is 0 Å². The fraction of sp³-hybridized carbons (Fsp3) is 0.286. The number of benzene rings is 1. The quantitative estimate of drug-likeness (QED) is 0.263. The fourth-order valence-electron chi connectivity index (χ4n) is 3.52. The van der Waals surface area contributed by atoms with E-state index >= 15 is 0 Å². The molecule has 0 fully saturated rings. The Morgan fingerprint density at radius 2 is 2.21 bits per heavy atom. The van der Waals surface area contributed by atoms with Crippen LogP contribution in [0.25, 0.3) is 8.48 Å². The molecular weight excluding hydrogens is 515 g/mol. The van der Waals surface area contributed by atoms with Gasteiger partial charge in [0, 0.05) is 0 Å². The van der Waals surface area contributed by atoms with Gasteiger partial charge in [-0.3, -0.25) is 0 Å². The number of nitrogens with one attached hydrogen (secondary N) is 1. The summed E-state index contributed by atoms with van der Waals surface area (Å²) in [5.41, 5.74) is 13.9. The van der Waals surface area contributed by atoms with Crippen molar-refractivity contribution >= 4 is 48.2 Å². The number of aliphatic hydroxyl groups excluding tert-OH is 1. The number of hydrogen-bond acceptors (Lipinski definition) is 7. The summed E-state index contributed by atoms with van der Waals surface area (Å²) in [6.07, 6.45) is 5.92. The van der Waals surface area contributed by atoms with Crippen LogP contribution >= 0.6 is 23.1 Å². The van der Waals surface area contributed by atoms with Gasteiger partial charge in [0.15, 0.2) is 0 Å². The SMILES string of the molecule is CC1C=CCCC1C(O)Nc1cccc(C2=CSC(c3sc(N)nc3N)=C[I-]2)c1. The number of allylic oxidation sites excluding steroid dienone is 2. The van der Waals surface area contributed by atoms with Crippen LogP contribution in [0.3, 0.4) is 0 Å². The van der Waals surface area contributed by atoms with E-state index in [-0.39, 0.29) is 27.1 Å². The Bertz CT molecular complexity index is 985. The Hall–Kier alpha value is -1.49. The second-order valence-corrected chi connectivity index (χ2v) is 11.5. The summed E-state index contributed by atoms with van der Waals surface area (Å²) in [5.74, 6) is 1.14. The number of aromatic nitrogens is 1. The second kappa shape index (κ2) is 9.11. The Morgan fingerprint density at radius 1 is 1.34 bits per heavy atom. The zero-order valence-electron chi connectivity index (χ0n) is 16.0. The molecule has 1 aromatic carbocycles. The van der Waals surface area contributed by atoms with Crippen molar-refractivity contribution in [3.8, 4) is 0 Å². The second-order valence-electron chi connectivity index (χ2n) is 7.13. The minimum absolute atomic E-state index is 0.239. The van der Waals surface area contributed by atoms with Gasteiger partial charge in [-0.25, -0.2) is 0 Å². The van der Waals surface area contributed by atoms with E-state index in [9.17, 15) is 5.11 Å². The first-order valence-electron chi connectivity index (χ1n) is 9.45. The van der Waals surface area contributed by atoms with E-state index in [4.69, 9.17) is 11.5 Å². The van der Waals surface area contributed by atoms with Crippen molar-refractivity contribution in [2.75, 3.05) is 16.8 Å². The van der Waals surface area contributed by atoms with Crippen LogP contribution in [0.15, 0.2) is 45.9 Å². The van der Waals surface area contributed by atoms with Gasteiger partial charge in [0.25, 0.3) is 0 Å². The van der Waals surface area contributed by atoms with Crippen molar-refractivity contribution in [1.29, 1.82) is 0 Å². The molecule has 0 radical (unpaired) electrons. The van der Waals surface area contributed by atoms with E-state index < -0.39 is 6.23 Å². The summed E-state index contributed by atoms with van der Waals surface area (Å²) in [6.45, 7) is 2.17. The van der Waals surface area contributed by atoms with E-state index in [2.05, 4.69) is 51.0 Å². The van der Waals surface area contributed by atoms with Crippen LogP contribution in [-0.4, -0.2) is 16.3 Å². The molecular formula is C21H24IN4OS2-. The first kappa shape index (κ1) is 20.8. The molecule has 3 atom stereocenters. The van der Waals surface area contributed by atoms with Crippen molar-refractivity contribution in [3.05, 3.63) is 56.3 Å². The van der Waals surface area contributed by atoms with Crippen molar-refractivity contribution in [2.45, 2.75) is 26.0 Å². The molecule has 154 valence electrons. The minimum atomic E-state index is -0.541. The molecule has 0 spiro atoms. The topological polar surface area (TPSA) is 97.2 Å². The van der Waals surface area contributed by atoms with E-state index in [1.54, 1.807) is 11.8 Å². The number of halogens is 1. The number of nitrogens with two attached hydrogens (primary N) is 2. The van der Waals surface area contributed by atoms with E-state index in [0.29, 0.717) is 16.9 Å². The zero-order chi connectivity index (χ0) is 20.4. The van der Waals surface area contributed by atoms with Crippen LogP contribution in [0.5, 0.6) is 0 Å². The molecule has 4 rings (SSSR count).